The molecule has 0 spiro atoms. The Morgan fingerprint density at radius 3 is 2.50 bits per heavy atom. The zero-order valence-corrected chi connectivity index (χ0v) is 8.89. The Bertz CT molecular complexity index is 442. The van der Waals surface area contributed by atoms with E-state index >= 15 is 0 Å². The zero-order valence-electron chi connectivity index (χ0n) is 8.89. The predicted octanol–water partition coefficient (Wildman–Crippen LogP) is 1.92. The van der Waals surface area contributed by atoms with Crippen molar-refractivity contribution in [2.45, 2.75) is 6.04 Å². The zero-order chi connectivity index (χ0) is 11.4. The van der Waals surface area contributed by atoms with Crippen molar-refractivity contribution in [1.82, 2.24) is 15.3 Å². The van der Waals surface area contributed by atoms with Crippen LogP contribution >= 0.6 is 0 Å². The van der Waals surface area contributed by atoms with Crippen LogP contribution in [0.3, 0.4) is 0 Å². The number of aromatic nitrogens is 2. The Kier molecular flexibility index (Phi) is 3.22. The second-order valence-corrected chi connectivity index (χ2v) is 3.41. The quantitative estimate of drug-likeness (QED) is 0.853. The van der Waals surface area contributed by atoms with Crippen molar-refractivity contribution >= 4 is 0 Å². The van der Waals surface area contributed by atoms with Crippen molar-refractivity contribution < 1.29 is 4.39 Å². The molecule has 1 atom stereocenters. The Morgan fingerprint density at radius 1 is 1.19 bits per heavy atom. The van der Waals surface area contributed by atoms with E-state index in [2.05, 4.69) is 15.3 Å². The van der Waals surface area contributed by atoms with Crippen LogP contribution in [0.25, 0.3) is 0 Å². The summed E-state index contributed by atoms with van der Waals surface area (Å²) < 4.78 is 12.8. The summed E-state index contributed by atoms with van der Waals surface area (Å²) in [6, 6.07) is 8.19. The molecule has 0 bridgehead atoms. The molecule has 1 aromatic heterocycles. The average Bonchev–Trinajstić information content (AvgIpc) is 2.34. The molecule has 82 valence electrons. The van der Waals surface area contributed by atoms with Crippen molar-refractivity contribution in [2.24, 2.45) is 0 Å². The van der Waals surface area contributed by atoms with Gasteiger partial charge in [-0.05, 0) is 30.8 Å². The molecule has 4 heteroatoms. The van der Waals surface area contributed by atoms with Crippen LogP contribution < -0.4 is 5.32 Å². The molecule has 0 aliphatic carbocycles. The predicted molar refractivity (Wildman–Crippen MR) is 59.3 cm³/mol. The van der Waals surface area contributed by atoms with Crippen LogP contribution in [0, 0.1) is 5.82 Å². The molecule has 2 aromatic rings. The van der Waals surface area contributed by atoms with E-state index in [9.17, 15) is 4.39 Å². The molecule has 0 saturated heterocycles. The second-order valence-electron chi connectivity index (χ2n) is 3.41. The third-order valence-corrected chi connectivity index (χ3v) is 2.39. The third-order valence-electron chi connectivity index (χ3n) is 2.39. The maximum atomic E-state index is 12.8. The Balaban J connectivity index is 2.33. The summed E-state index contributed by atoms with van der Waals surface area (Å²) in [5, 5.41) is 3.14. The molecule has 0 aliphatic heterocycles. The lowest BCUT2D eigenvalue weighted by Crippen LogP contribution is -2.18. The van der Waals surface area contributed by atoms with Crippen LogP contribution in [-0.4, -0.2) is 17.0 Å². The van der Waals surface area contributed by atoms with E-state index < -0.39 is 0 Å². The van der Waals surface area contributed by atoms with E-state index in [0.29, 0.717) is 0 Å². The van der Waals surface area contributed by atoms with Crippen molar-refractivity contribution in [3.05, 3.63) is 59.9 Å². The maximum Gasteiger partial charge on any atom is 0.123 e. The summed E-state index contributed by atoms with van der Waals surface area (Å²) in [6.45, 7) is 0. The highest BCUT2D eigenvalue weighted by atomic mass is 19.1. The number of halogens is 1. The molecule has 1 unspecified atom stereocenters. The summed E-state index contributed by atoms with van der Waals surface area (Å²) in [4.78, 5) is 8.05. The van der Waals surface area contributed by atoms with Crippen molar-refractivity contribution in [3.8, 4) is 0 Å². The molecule has 0 amide bonds. The molecule has 1 heterocycles. The fraction of sp³-hybridized carbons (Fsp3) is 0.167. The third kappa shape index (κ3) is 2.23. The lowest BCUT2D eigenvalue weighted by molar-refractivity contribution is 0.621. The SMILES string of the molecule is CNC(c1ccc(F)cc1)c1ccncn1. The van der Waals surface area contributed by atoms with Crippen LogP contribution in [0.4, 0.5) is 4.39 Å². The summed E-state index contributed by atoms with van der Waals surface area (Å²) >= 11 is 0. The molecule has 3 nitrogen and oxygen atoms in total. The van der Waals surface area contributed by atoms with Crippen LogP contribution in [0.15, 0.2) is 42.9 Å². The lowest BCUT2D eigenvalue weighted by Gasteiger charge is -2.15. The van der Waals surface area contributed by atoms with Gasteiger partial charge in [0.2, 0.25) is 0 Å². The largest absolute Gasteiger partial charge is 0.308 e. The van der Waals surface area contributed by atoms with Gasteiger partial charge in [-0.25, -0.2) is 14.4 Å². The summed E-state index contributed by atoms with van der Waals surface area (Å²) in [5.41, 5.74) is 1.84. The van der Waals surface area contributed by atoms with Gasteiger partial charge in [-0.2, -0.15) is 0 Å². The molecule has 16 heavy (non-hydrogen) atoms. The number of nitrogens with one attached hydrogen (secondary N) is 1. The van der Waals surface area contributed by atoms with Crippen LogP contribution in [0.5, 0.6) is 0 Å². The molecule has 0 radical (unpaired) electrons. The molecule has 1 N–H and O–H groups in total. The first-order valence-corrected chi connectivity index (χ1v) is 5.00. The van der Waals surface area contributed by atoms with Gasteiger partial charge < -0.3 is 5.32 Å². The molecular formula is C12H12FN3. The molecule has 0 aliphatic rings. The van der Waals surface area contributed by atoms with Gasteiger partial charge in [0.15, 0.2) is 0 Å². The first-order chi connectivity index (χ1) is 7.81. The highest BCUT2D eigenvalue weighted by molar-refractivity contribution is 5.27. The summed E-state index contributed by atoms with van der Waals surface area (Å²) in [5.74, 6) is -0.235. The van der Waals surface area contributed by atoms with Crippen molar-refractivity contribution in [2.75, 3.05) is 7.05 Å². The Morgan fingerprint density at radius 2 is 1.94 bits per heavy atom. The van der Waals surface area contributed by atoms with Crippen LogP contribution in [0.2, 0.25) is 0 Å². The van der Waals surface area contributed by atoms with Gasteiger partial charge in [-0.3, -0.25) is 0 Å². The minimum atomic E-state index is -0.235. The standard InChI is InChI=1S/C12H12FN3/c1-14-12(11-6-7-15-8-16-11)9-2-4-10(13)5-3-9/h2-8,12,14H,1H3. The van der Waals surface area contributed by atoms with E-state index in [0.717, 1.165) is 11.3 Å². The molecular weight excluding hydrogens is 205 g/mol. The van der Waals surface area contributed by atoms with E-state index in [1.807, 2.05) is 13.1 Å². The highest BCUT2D eigenvalue weighted by Gasteiger charge is 2.12. The van der Waals surface area contributed by atoms with Gasteiger partial charge in [0.25, 0.3) is 0 Å². The van der Waals surface area contributed by atoms with E-state index in [4.69, 9.17) is 0 Å². The summed E-state index contributed by atoms with van der Waals surface area (Å²) in [7, 11) is 1.84. The van der Waals surface area contributed by atoms with E-state index in [-0.39, 0.29) is 11.9 Å². The topological polar surface area (TPSA) is 37.8 Å². The van der Waals surface area contributed by atoms with Gasteiger partial charge in [0, 0.05) is 6.20 Å². The fourth-order valence-corrected chi connectivity index (χ4v) is 1.61. The molecule has 0 fully saturated rings. The number of nitrogens with zero attached hydrogens (tertiary/aromatic N) is 2. The van der Waals surface area contributed by atoms with Crippen molar-refractivity contribution in [3.63, 3.8) is 0 Å². The number of benzene rings is 1. The van der Waals surface area contributed by atoms with E-state index in [1.54, 1.807) is 18.3 Å². The fourth-order valence-electron chi connectivity index (χ4n) is 1.61. The van der Waals surface area contributed by atoms with Gasteiger partial charge >= 0.3 is 0 Å². The average molecular weight is 217 g/mol. The van der Waals surface area contributed by atoms with Gasteiger partial charge in [0.1, 0.15) is 12.1 Å². The van der Waals surface area contributed by atoms with Crippen LogP contribution in [-0.2, 0) is 0 Å². The lowest BCUT2D eigenvalue weighted by atomic mass is 10.0. The minimum absolute atomic E-state index is 0.0383. The van der Waals surface area contributed by atoms with Gasteiger partial charge in [0.05, 0.1) is 11.7 Å². The molecule has 1 aromatic carbocycles. The minimum Gasteiger partial charge on any atom is -0.308 e. The number of hydrogen-bond donors (Lipinski definition) is 1. The smallest absolute Gasteiger partial charge is 0.123 e. The van der Waals surface area contributed by atoms with Crippen molar-refractivity contribution in [1.29, 1.82) is 0 Å². The monoisotopic (exact) mass is 217 g/mol. The van der Waals surface area contributed by atoms with E-state index in [1.165, 1.54) is 18.5 Å². The highest BCUT2D eigenvalue weighted by Crippen LogP contribution is 2.19. The Hall–Kier alpha value is -1.81. The number of hydrogen-bond acceptors (Lipinski definition) is 3. The first kappa shape index (κ1) is 10.7. The van der Waals surface area contributed by atoms with Gasteiger partial charge in [-0.15, -0.1) is 0 Å². The summed E-state index contributed by atoms with van der Waals surface area (Å²) in [6.07, 6.45) is 3.19. The molecule has 2 rings (SSSR count). The Labute approximate surface area is 93.4 Å². The first-order valence-electron chi connectivity index (χ1n) is 5.00. The molecule has 0 saturated carbocycles. The number of rotatable bonds is 3. The second kappa shape index (κ2) is 4.81. The van der Waals surface area contributed by atoms with Gasteiger partial charge in [-0.1, -0.05) is 12.1 Å². The van der Waals surface area contributed by atoms with Crippen LogP contribution in [0.1, 0.15) is 17.3 Å². The normalized spacial score (nSPS) is 12.4. The maximum absolute atomic E-state index is 12.8.